The highest BCUT2D eigenvalue weighted by Gasteiger charge is 2.58. The molecule has 0 aliphatic carbocycles. The maximum absolute atomic E-state index is 5.71. The first kappa shape index (κ1) is 29.2. The van der Waals surface area contributed by atoms with Gasteiger partial charge in [-0.05, 0) is 74.7 Å². The standard InChI is InChI=1S/C32H40N4O4Si2/c1-37-29-17-9-13-25(21-29)33-34(26-14-10-18-30(22-26)38-2)42(7,8)36(28-16-12-20-32(24-28)40-4)35(41(33,5)6)27-15-11-19-31(23-27)39-3/h9-24H,1-8H3. The summed E-state index contributed by atoms with van der Waals surface area (Å²) >= 11 is 0. The smallest absolute Gasteiger partial charge is 0.297 e. The van der Waals surface area contributed by atoms with Crippen molar-refractivity contribution in [3.8, 4) is 23.0 Å². The Morgan fingerprint density at radius 2 is 0.595 bits per heavy atom. The van der Waals surface area contributed by atoms with Crippen LogP contribution >= 0.6 is 0 Å². The van der Waals surface area contributed by atoms with E-state index in [-0.39, 0.29) is 0 Å². The molecule has 0 amide bonds. The molecule has 1 aliphatic rings. The van der Waals surface area contributed by atoms with Gasteiger partial charge in [0.25, 0.3) is 16.8 Å². The van der Waals surface area contributed by atoms with E-state index >= 15 is 0 Å². The predicted molar refractivity (Wildman–Crippen MR) is 177 cm³/mol. The highest BCUT2D eigenvalue weighted by molar-refractivity contribution is 6.96. The summed E-state index contributed by atoms with van der Waals surface area (Å²) in [6.45, 7) is 9.48. The van der Waals surface area contributed by atoms with Gasteiger partial charge in [-0.1, -0.05) is 24.3 Å². The summed E-state index contributed by atoms with van der Waals surface area (Å²) in [7, 11) is 1.49. The lowest BCUT2D eigenvalue weighted by Crippen LogP contribution is -2.88. The average molecular weight is 601 g/mol. The minimum absolute atomic E-state index is 0.811. The molecule has 1 aliphatic heterocycles. The third-order valence-corrected chi connectivity index (χ3v) is 14.0. The number of hydrazine groups is 2. The zero-order chi connectivity index (χ0) is 30.1. The van der Waals surface area contributed by atoms with Crippen LogP contribution in [0.15, 0.2) is 97.1 Å². The number of nitrogens with zero attached hydrogens (tertiary/aromatic N) is 4. The molecule has 0 aromatic heterocycles. The van der Waals surface area contributed by atoms with E-state index in [4.69, 9.17) is 18.9 Å². The maximum atomic E-state index is 5.71. The van der Waals surface area contributed by atoms with Crippen LogP contribution in [0.4, 0.5) is 22.7 Å². The largest absolute Gasteiger partial charge is 0.497 e. The van der Waals surface area contributed by atoms with Gasteiger partial charge in [0.1, 0.15) is 23.0 Å². The van der Waals surface area contributed by atoms with Crippen molar-refractivity contribution in [2.75, 3.05) is 47.1 Å². The van der Waals surface area contributed by atoms with Crippen molar-refractivity contribution < 1.29 is 18.9 Å². The minimum Gasteiger partial charge on any atom is -0.497 e. The molecule has 0 spiro atoms. The molecule has 8 nitrogen and oxygen atoms in total. The normalized spacial score (nSPS) is 15.8. The number of benzene rings is 4. The molecule has 4 aromatic carbocycles. The molecule has 0 N–H and O–H groups in total. The number of rotatable bonds is 8. The molecule has 1 heterocycles. The first-order chi connectivity index (χ1) is 20.1. The fraction of sp³-hybridized carbons (Fsp3) is 0.250. The Hall–Kier alpha value is -4.29. The molecule has 5 rings (SSSR count). The molecular formula is C32H40N4O4Si2. The summed E-state index contributed by atoms with van der Waals surface area (Å²) in [5.41, 5.74) is 4.25. The second-order valence-corrected chi connectivity index (χ2v) is 18.7. The zero-order valence-corrected chi connectivity index (χ0v) is 27.7. The van der Waals surface area contributed by atoms with Gasteiger partial charge < -0.3 is 18.9 Å². The molecule has 1 fully saturated rings. The lowest BCUT2D eigenvalue weighted by molar-refractivity contribution is 0.414. The van der Waals surface area contributed by atoms with Crippen LogP contribution in [0, 0.1) is 0 Å². The van der Waals surface area contributed by atoms with E-state index in [1.54, 1.807) is 28.4 Å². The molecule has 10 heteroatoms. The first-order valence-electron chi connectivity index (χ1n) is 13.9. The number of anilines is 4. The van der Waals surface area contributed by atoms with Gasteiger partial charge in [0.05, 0.1) is 51.2 Å². The van der Waals surface area contributed by atoms with Crippen molar-refractivity contribution in [3.05, 3.63) is 97.1 Å². The van der Waals surface area contributed by atoms with E-state index in [0.29, 0.717) is 0 Å². The number of ether oxygens (including phenoxy) is 4. The SMILES string of the molecule is COc1cccc(N2N(c3cccc(OC)c3)[Si](C)(C)N(c3cccc(OC)c3)N(c3cccc(OC)c3)[Si]2(C)C)c1. The fourth-order valence-electron chi connectivity index (χ4n) is 5.85. The number of hydrogen-bond acceptors (Lipinski definition) is 8. The van der Waals surface area contributed by atoms with Gasteiger partial charge in [-0.2, -0.15) is 0 Å². The Labute approximate surface area is 251 Å². The summed E-state index contributed by atoms with van der Waals surface area (Å²) in [6.07, 6.45) is 0. The molecule has 0 saturated carbocycles. The van der Waals surface area contributed by atoms with E-state index in [2.05, 4.69) is 118 Å². The summed E-state index contributed by atoms with van der Waals surface area (Å²) in [6, 6.07) is 33.3. The van der Waals surface area contributed by atoms with Gasteiger partial charge in [-0.3, -0.25) is 18.7 Å². The second kappa shape index (κ2) is 11.5. The molecule has 220 valence electrons. The molecule has 0 bridgehead atoms. The molecule has 4 aromatic rings. The fourth-order valence-corrected chi connectivity index (χ4v) is 14.7. The Morgan fingerprint density at radius 3 is 0.786 bits per heavy atom. The maximum Gasteiger partial charge on any atom is 0.297 e. The Bertz CT molecular complexity index is 1320. The quantitative estimate of drug-likeness (QED) is 0.195. The van der Waals surface area contributed by atoms with Gasteiger partial charge >= 0.3 is 0 Å². The van der Waals surface area contributed by atoms with E-state index in [9.17, 15) is 0 Å². The van der Waals surface area contributed by atoms with Crippen LogP contribution in [-0.4, -0.2) is 45.2 Å². The Morgan fingerprint density at radius 1 is 0.381 bits per heavy atom. The van der Waals surface area contributed by atoms with Crippen molar-refractivity contribution in [1.82, 2.24) is 0 Å². The van der Waals surface area contributed by atoms with Gasteiger partial charge in [0.15, 0.2) is 0 Å². The van der Waals surface area contributed by atoms with Gasteiger partial charge in [-0.15, -0.1) is 0 Å². The lowest BCUT2D eigenvalue weighted by Gasteiger charge is -2.67. The highest BCUT2D eigenvalue weighted by atomic mass is 28.4. The van der Waals surface area contributed by atoms with Crippen molar-refractivity contribution in [3.63, 3.8) is 0 Å². The summed E-state index contributed by atoms with van der Waals surface area (Å²) in [5.74, 6) is 3.24. The van der Waals surface area contributed by atoms with E-state index < -0.39 is 16.8 Å². The molecule has 0 radical (unpaired) electrons. The van der Waals surface area contributed by atoms with E-state index in [0.717, 1.165) is 45.7 Å². The van der Waals surface area contributed by atoms with Crippen molar-refractivity contribution in [2.45, 2.75) is 26.2 Å². The first-order valence-corrected chi connectivity index (χ1v) is 19.7. The molecule has 1 saturated heterocycles. The summed E-state index contributed by atoms with van der Waals surface area (Å²) in [4.78, 5) is 0. The molecule has 0 atom stereocenters. The van der Waals surface area contributed by atoms with Crippen LogP contribution in [0.1, 0.15) is 0 Å². The molecular weight excluding hydrogens is 561 g/mol. The van der Waals surface area contributed by atoms with Crippen molar-refractivity contribution >= 4 is 39.5 Å². The van der Waals surface area contributed by atoms with Crippen LogP contribution in [0.5, 0.6) is 23.0 Å². The van der Waals surface area contributed by atoms with E-state index in [1.165, 1.54) is 0 Å². The van der Waals surface area contributed by atoms with Crippen LogP contribution in [-0.2, 0) is 0 Å². The Kier molecular flexibility index (Phi) is 8.02. The van der Waals surface area contributed by atoms with Crippen LogP contribution in [0.3, 0.4) is 0 Å². The van der Waals surface area contributed by atoms with Gasteiger partial charge in [-0.25, -0.2) is 0 Å². The Balaban J connectivity index is 1.85. The average Bonchev–Trinajstić information content (AvgIpc) is 3.01. The lowest BCUT2D eigenvalue weighted by atomic mass is 10.3. The van der Waals surface area contributed by atoms with Crippen LogP contribution in [0.25, 0.3) is 0 Å². The third kappa shape index (κ3) is 5.12. The second-order valence-electron chi connectivity index (χ2n) is 11.0. The molecule has 0 unspecified atom stereocenters. The topological polar surface area (TPSA) is 49.9 Å². The predicted octanol–water partition coefficient (Wildman–Crippen LogP) is 7.29. The third-order valence-electron chi connectivity index (χ3n) is 7.66. The van der Waals surface area contributed by atoms with Crippen LogP contribution < -0.4 is 37.6 Å². The molecule has 42 heavy (non-hydrogen) atoms. The summed E-state index contributed by atoms with van der Waals surface area (Å²) in [5, 5.41) is 0. The monoisotopic (exact) mass is 600 g/mol. The van der Waals surface area contributed by atoms with Gasteiger partial charge in [0, 0.05) is 24.3 Å². The zero-order valence-electron chi connectivity index (χ0n) is 25.7. The highest BCUT2D eigenvalue weighted by Crippen LogP contribution is 2.46. The van der Waals surface area contributed by atoms with Crippen molar-refractivity contribution in [1.29, 1.82) is 0 Å². The van der Waals surface area contributed by atoms with E-state index in [1.807, 2.05) is 24.3 Å². The number of methoxy groups -OCH3 is 4. The van der Waals surface area contributed by atoms with Crippen molar-refractivity contribution in [2.24, 2.45) is 0 Å². The van der Waals surface area contributed by atoms with Gasteiger partial charge in [0.2, 0.25) is 0 Å². The number of hydrogen-bond donors (Lipinski definition) is 0. The minimum atomic E-state index is -2.68. The van der Waals surface area contributed by atoms with Crippen LogP contribution in [0.2, 0.25) is 26.2 Å². The summed E-state index contributed by atoms with van der Waals surface area (Å²) < 4.78 is 32.9.